The Labute approximate surface area is 177 Å². The van der Waals surface area contributed by atoms with Crippen molar-refractivity contribution in [1.82, 2.24) is 29.5 Å². The van der Waals surface area contributed by atoms with Crippen LogP contribution in [0.2, 0.25) is 0 Å². The molecule has 0 aliphatic carbocycles. The normalized spacial score (nSPS) is 10.9. The summed E-state index contributed by atoms with van der Waals surface area (Å²) in [6.07, 6.45) is 5.37. The molecule has 0 radical (unpaired) electrons. The molecule has 0 saturated carbocycles. The highest BCUT2D eigenvalue weighted by molar-refractivity contribution is 6.10. The first-order valence-electron chi connectivity index (χ1n) is 9.70. The summed E-state index contributed by atoms with van der Waals surface area (Å²) < 4.78 is 3.10. The van der Waals surface area contributed by atoms with Crippen LogP contribution in [0, 0.1) is 0 Å². The van der Waals surface area contributed by atoms with E-state index in [0.29, 0.717) is 24.6 Å². The minimum Gasteiger partial charge on any atom is -0.396 e. The second kappa shape index (κ2) is 8.76. The zero-order chi connectivity index (χ0) is 21.8. The van der Waals surface area contributed by atoms with E-state index in [9.17, 15) is 9.59 Å². The van der Waals surface area contributed by atoms with E-state index >= 15 is 0 Å². The average molecular weight is 419 g/mol. The SMILES string of the molecule is Cn1ncc(C(=O)NCCCO)c1C(=O)Nc1ccn2cc(-c3ccccc3)nc2n1. The van der Waals surface area contributed by atoms with Crippen LogP contribution in [0.5, 0.6) is 0 Å². The predicted molar refractivity (Wildman–Crippen MR) is 114 cm³/mol. The van der Waals surface area contributed by atoms with Crippen molar-refractivity contribution in [2.45, 2.75) is 6.42 Å². The first-order valence-corrected chi connectivity index (χ1v) is 9.70. The number of aromatic nitrogens is 5. The fourth-order valence-corrected chi connectivity index (χ4v) is 3.11. The van der Waals surface area contributed by atoms with E-state index in [4.69, 9.17) is 5.11 Å². The van der Waals surface area contributed by atoms with Crippen LogP contribution < -0.4 is 10.6 Å². The third-order valence-electron chi connectivity index (χ3n) is 4.66. The maximum absolute atomic E-state index is 12.9. The van der Waals surface area contributed by atoms with Crippen LogP contribution in [0.1, 0.15) is 27.3 Å². The van der Waals surface area contributed by atoms with Crippen LogP contribution in [0.15, 0.2) is 55.0 Å². The van der Waals surface area contributed by atoms with Crippen molar-refractivity contribution in [2.75, 3.05) is 18.5 Å². The number of amides is 2. The number of carbonyl (C=O) groups is 2. The number of hydrogen-bond donors (Lipinski definition) is 3. The number of hydrogen-bond acceptors (Lipinski definition) is 6. The molecule has 31 heavy (non-hydrogen) atoms. The van der Waals surface area contributed by atoms with Crippen LogP contribution in [0.4, 0.5) is 5.82 Å². The Morgan fingerprint density at radius 3 is 2.68 bits per heavy atom. The number of carbonyl (C=O) groups excluding carboxylic acids is 2. The summed E-state index contributed by atoms with van der Waals surface area (Å²) in [5.74, 6) is -0.214. The zero-order valence-corrected chi connectivity index (χ0v) is 16.8. The van der Waals surface area contributed by atoms with Gasteiger partial charge in [-0.2, -0.15) is 10.1 Å². The van der Waals surface area contributed by atoms with Gasteiger partial charge in [0.25, 0.3) is 11.8 Å². The largest absolute Gasteiger partial charge is 0.396 e. The van der Waals surface area contributed by atoms with Gasteiger partial charge in [0.15, 0.2) is 0 Å². The lowest BCUT2D eigenvalue weighted by molar-refractivity contribution is 0.0936. The van der Waals surface area contributed by atoms with Gasteiger partial charge in [0, 0.05) is 38.2 Å². The highest BCUT2D eigenvalue weighted by Gasteiger charge is 2.22. The number of aliphatic hydroxyl groups is 1. The summed E-state index contributed by atoms with van der Waals surface area (Å²) in [7, 11) is 1.58. The molecule has 158 valence electrons. The van der Waals surface area contributed by atoms with Crippen LogP contribution >= 0.6 is 0 Å². The molecule has 3 aromatic heterocycles. The molecule has 4 rings (SSSR count). The standard InChI is InChI=1S/C21H21N7O3/c1-27-18(15(12-23-27)19(30)22-9-5-11-29)20(31)25-17-8-10-28-13-16(24-21(28)26-17)14-6-3-2-4-7-14/h2-4,6-8,10,12-13,29H,5,9,11H2,1H3,(H,22,30)(H,24,25,26,31). The number of benzene rings is 1. The van der Waals surface area contributed by atoms with Crippen molar-refractivity contribution in [3.8, 4) is 11.3 Å². The molecular formula is C21H21N7O3. The number of nitrogens with one attached hydrogen (secondary N) is 2. The number of aryl methyl sites for hydroxylation is 1. The summed E-state index contributed by atoms with van der Waals surface area (Å²) in [4.78, 5) is 34.1. The van der Waals surface area contributed by atoms with E-state index in [1.165, 1.54) is 10.9 Å². The van der Waals surface area contributed by atoms with E-state index in [1.54, 1.807) is 23.7 Å². The van der Waals surface area contributed by atoms with Gasteiger partial charge >= 0.3 is 0 Å². The first-order chi connectivity index (χ1) is 15.1. The molecule has 10 heteroatoms. The van der Waals surface area contributed by atoms with Gasteiger partial charge < -0.3 is 15.7 Å². The molecule has 0 unspecified atom stereocenters. The molecule has 1 aromatic carbocycles. The van der Waals surface area contributed by atoms with Gasteiger partial charge in [-0.15, -0.1) is 0 Å². The Hall–Kier alpha value is -4.05. The first kappa shape index (κ1) is 20.2. The Kier molecular flexibility index (Phi) is 5.72. The highest BCUT2D eigenvalue weighted by atomic mass is 16.3. The number of anilines is 1. The van der Waals surface area contributed by atoms with Gasteiger partial charge in [0.2, 0.25) is 5.78 Å². The summed E-state index contributed by atoms with van der Waals surface area (Å²) in [6, 6.07) is 11.4. The minimum absolute atomic E-state index is 0.0332. The molecule has 0 fully saturated rings. The molecule has 4 aromatic rings. The van der Waals surface area contributed by atoms with E-state index in [2.05, 4.69) is 25.7 Å². The highest BCUT2D eigenvalue weighted by Crippen LogP contribution is 2.19. The van der Waals surface area contributed by atoms with Crippen molar-refractivity contribution >= 4 is 23.4 Å². The number of rotatable bonds is 7. The molecule has 2 amide bonds. The second-order valence-electron chi connectivity index (χ2n) is 6.83. The van der Waals surface area contributed by atoms with Gasteiger partial charge in [0.05, 0.1) is 17.5 Å². The van der Waals surface area contributed by atoms with Gasteiger partial charge in [-0.3, -0.25) is 18.7 Å². The van der Waals surface area contributed by atoms with Crippen molar-refractivity contribution < 1.29 is 14.7 Å². The van der Waals surface area contributed by atoms with Crippen LogP contribution in [-0.4, -0.2) is 54.2 Å². The summed E-state index contributed by atoms with van der Waals surface area (Å²) >= 11 is 0. The molecule has 0 bridgehead atoms. The van der Waals surface area contributed by atoms with Gasteiger partial charge in [-0.1, -0.05) is 30.3 Å². The second-order valence-corrected chi connectivity index (χ2v) is 6.83. The Morgan fingerprint density at radius 1 is 1.10 bits per heavy atom. The van der Waals surface area contributed by atoms with Gasteiger partial charge in [-0.25, -0.2) is 4.98 Å². The zero-order valence-electron chi connectivity index (χ0n) is 16.8. The molecule has 3 heterocycles. The van der Waals surface area contributed by atoms with Crippen LogP contribution in [-0.2, 0) is 7.05 Å². The molecule has 0 saturated heterocycles. The lowest BCUT2D eigenvalue weighted by Gasteiger charge is -2.08. The number of fused-ring (bicyclic) bond motifs is 1. The summed E-state index contributed by atoms with van der Waals surface area (Å²) in [6.45, 7) is 0.266. The maximum atomic E-state index is 12.9. The summed E-state index contributed by atoms with van der Waals surface area (Å²) in [5.41, 5.74) is 1.98. The third kappa shape index (κ3) is 4.28. The number of nitrogens with zero attached hydrogens (tertiary/aromatic N) is 5. The summed E-state index contributed by atoms with van der Waals surface area (Å²) in [5, 5.41) is 18.2. The molecule has 0 aliphatic heterocycles. The quantitative estimate of drug-likeness (QED) is 0.390. The lowest BCUT2D eigenvalue weighted by Crippen LogP contribution is -2.28. The smallest absolute Gasteiger partial charge is 0.275 e. The van der Waals surface area contributed by atoms with E-state index < -0.39 is 11.8 Å². The molecule has 0 atom stereocenters. The van der Waals surface area contributed by atoms with Gasteiger partial charge in [0.1, 0.15) is 11.5 Å². The Morgan fingerprint density at radius 2 is 1.90 bits per heavy atom. The van der Waals surface area contributed by atoms with Gasteiger partial charge in [-0.05, 0) is 12.5 Å². The van der Waals surface area contributed by atoms with Crippen molar-refractivity contribution in [3.05, 3.63) is 66.2 Å². The predicted octanol–water partition coefficient (Wildman–Crippen LogP) is 1.49. The Bertz CT molecular complexity index is 1230. The molecule has 3 N–H and O–H groups in total. The van der Waals surface area contributed by atoms with Crippen LogP contribution in [0.25, 0.3) is 17.0 Å². The van der Waals surface area contributed by atoms with Crippen molar-refractivity contribution in [1.29, 1.82) is 0 Å². The lowest BCUT2D eigenvalue weighted by atomic mass is 10.2. The van der Waals surface area contributed by atoms with Crippen LogP contribution in [0.3, 0.4) is 0 Å². The minimum atomic E-state index is -0.515. The number of aliphatic hydroxyl groups excluding tert-OH is 1. The molecular weight excluding hydrogens is 398 g/mol. The third-order valence-corrected chi connectivity index (χ3v) is 4.66. The molecule has 10 nitrogen and oxygen atoms in total. The number of imidazole rings is 1. The fourth-order valence-electron chi connectivity index (χ4n) is 3.11. The van der Waals surface area contributed by atoms with Crippen molar-refractivity contribution in [3.63, 3.8) is 0 Å². The van der Waals surface area contributed by atoms with E-state index in [-0.39, 0.29) is 17.9 Å². The maximum Gasteiger partial charge on any atom is 0.275 e. The molecule has 0 spiro atoms. The van der Waals surface area contributed by atoms with Crippen molar-refractivity contribution in [2.24, 2.45) is 7.05 Å². The fraction of sp³-hybridized carbons (Fsp3) is 0.190. The molecule has 0 aliphatic rings. The van der Waals surface area contributed by atoms with E-state index in [0.717, 1.165) is 11.3 Å². The Balaban J connectivity index is 1.55. The average Bonchev–Trinajstić information content (AvgIpc) is 3.37. The monoisotopic (exact) mass is 419 g/mol. The van der Waals surface area contributed by atoms with E-state index in [1.807, 2.05) is 36.5 Å². The topological polar surface area (TPSA) is 126 Å².